The Balaban J connectivity index is 3.33. The molecule has 0 aromatic rings. The topological polar surface area (TPSA) is 50.9 Å². The van der Waals surface area contributed by atoms with Gasteiger partial charge in [0.05, 0.1) is 0 Å². The third kappa shape index (κ3) is 11.1. The molecule has 0 spiro atoms. The van der Waals surface area contributed by atoms with Crippen molar-refractivity contribution in [2.24, 2.45) is 10.7 Å². The van der Waals surface area contributed by atoms with E-state index in [0.717, 1.165) is 39.3 Å². The maximum absolute atomic E-state index is 5.89. The molecule has 0 aromatic carbocycles. The fourth-order valence-corrected chi connectivity index (χ4v) is 2.09. The van der Waals surface area contributed by atoms with E-state index in [0.29, 0.717) is 5.96 Å². The molecule has 0 aromatic heterocycles. The predicted molar refractivity (Wildman–Crippen MR) is 88.2 cm³/mol. The van der Waals surface area contributed by atoms with Gasteiger partial charge in [-0.1, -0.05) is 39.0 Å². The van der Waals surface area contributed by atoms with Crippen LogP contribution in [0.15, 0.2) is 4.99 Å². The van der Waals surface area contributed by atoms with E-state index in [1.807, 2.05) is 0 Å². The third-order valence-electron chi connectivity index (χ3n) is 3.45. The summed E-state index contributed by atoms with van der Waals surface area (Å²) in [5.74, 6) is 0.658. The lowest BCUT2D eigenvalue weighted by Gasteiger charge is -2.19. The van der Waals surface area contributed by atoms with Gasteiger partial charge in [0.2, 0.25) is 0 Å². The molecule has 0 saturated heterocycles. The molecule has 0 heterocycles. The number of hydrogen-bond acceptors (Lipinski definition) is 2. The first-order valence-corrected chi connectivity index (χ1v) is 8.38. The lowest BCUT2D eigenvalue weighted by Crippen LogP contribution is -2.37. The number of nitrogens with zero attached hydrogens (tertiary/aromatic N) is 2. The highest BCUT2D eigenvalue weighted by Gasteiger charge is 2.00. The molecule has 4 nitrogen and oxygen atoms in total. The standard InChI is InChI=1S/C16H35N3O/c1-4-7-8-9-10-11-14-20-15-12-13-18-16(17)19(5-2)6-3/h4-15H2,1-3H3,(H2,17,18). The summed E-state index contributed by atoms with van der Waals surface area (Å²) in [7, 11) is 0. The number of rotatable bonds is 13. The van der Waals surface area contributed by atoms with E-state index in [-0.39, 0.29) is 0 Å². The number of unbranched alkanes of at least 4 members (excludes halogenated alkanes) is 5. The van der Waals surface area contributed by atoms with Crippen molar-refractivity contribution in [3.8, 4) is 0 Å². The van der Waals surface area contributed by atoms with Crippen LogP contribution in [0.3, 0.4) is 0 Å². The van der Waals surface area contributed by atoms with E-state index in [1.54, 1.807) is 0 Å². The fourth-order valence-electron chi connectivity index (χ4n) is 2.09. The van der Waals surface area contributed by atoms with Crippen LogP contribution in [0.2, 0.25) is 0 Å². The first-order valence-electron chi connectivity index (χ1n) is 8.38. The van der Waals surface area contributed by atoms with Crippen LogP contribution in [0, 0.1) is 0 Å². The van der Waals surface area contributed by atoms with Crippen molar-refractivity contribution in [3.63, 3.8) is 0 Å². The first-order chi connectivity index (χ1) is 9.76. The molecule has 2 N–H and O–H groups in total. The van der Waals surface area contributed by atoms with Crippen LogP contribution in [0.5, 0.6) is 0 Å². The molecule has 0 unspecified atom stereocenters. The Morgan fingerprint density at radius 3 is 2.15 bits per heavy atom. The third-order valence-corrected chi connectivity index (χ3v) is 3.45. The summed E-state index contributed by atoms with van der Waals surface area (Å²) in [5.41, 5.74) is 5.89. The van der Waals surface area contributed by atoms with E-state index >= 15 is 0 Å². The molecular formula is C16H35N3O. The Hall–Kier alpha value is -0.770. The highest BCUT2D eigenvalue weighted by Crippen LogP contribution is 2.04. The molecule has 4 heteroatoms. The van der Waals surface area contributed by atoms with Crippen molar-refractivity contribution in [2.75, 3.05) is 32.8 Å². The molecule has 0 rings (SSSR count). The number of hydrogen-bond donors (Lipinski definition) is 1. The van der Waals surface area contributed by atoms with Crippen LogP contribution in [-0.2, 0) is 4.74 Å². The Kier molecular flexibility index (Phi) is 14.1. The van der Waals surface area contributed by atoms with Gasteiger partial charge in [-0.2, -0.15) is 0 Å². The fraction of sp³-hybridized carbons (Fsp3) is 0.938. The summed E-state index contributed by atoms with van der Waals surface area (Å²) < 4.78 is 5.61. The Bertz CT molecular complexity index is 228. The van der Waals surface area contributed by atoms with Crippen LogP contribution in [-0.4, -0.2) is 43.7 Å². The van der Waals surface area contributed by atoms with E-state index in [9.17, 15) is 0 Å². The Labute approximate surface area is 125 Å². The maximum Gasteiger partial charge on any atom is 0.191 e. The van der Waals surface area contributed by atoms with Gasteiger partial charge in [-0.15, -0.1) is 0 Å². The molecule has 0 radical (unpaired) electrons. The number of aliphatic imine (C=N–C) groups is 1. The molecule has 120 valence electrons. The van der Waals surface area contributed by atoms with Gasteiger partial charge in [0.15, 0.2) is 5.96 Å². The van der Waals surface area contributed by atoms with Gasteiger partial charge >= 0.3 is 0 Å². The Morgan fingerprint density at radius 2 is 1.50 bits per heavy atom. The van der Waals surface area contributed by atoms with Gasteiger partial charge in [0.25, 0.3) is 0 Å². The molecule has 0 aliphatic rings. The van der Waals surface area contributed by atoms with Crippen LogP contribution in [0.4, 0.5) is 0 Å². The number of nitrogens with two attached hydrogens (primary N) is 1. The minimum atomic E-state index is 0.658. The van der Waals surface area contributed by atoms with E-state index < -0.39 is 0 Å². The van der Waals surface area contributed by atoms with Crippen molar-refractivity contribution < 1.29 is 4.74 Å². The minimum absolute atomic E-state index is 0.658. The summed E-state index contributed by atoms with van der Waals surface area (Å²) in [6.07, 6.45) is 8.84. The van der Waals surface area contributed by atoms with Crippen LogP contribution in [0.25, 0.3) is 0 Å². The van der Waals surface area contributed by atoms with Crippen molar-refractivity contribution in [2.45, 2.75) is 65.7 Å². The van der Waals surface area contributed by atoms with Crippen LogP contribution in [0.1, 0.15) is 65.7 Å². The predicted octanol–water partition coefficient (Wildman–Crippen LogP) is 3.41. The molecule has 0 fully saturated rings. The van der Waals surface area contributed by atoms with Gasteiger partial charge in [-0.3, -0.25) is 4.99 Å². The average Bonchev–Trinajstić information content (AvgIpc) is 2.46. The average molecular weight is 285 g/mol. The zero-order chi connectivity index (χ0) is 15.1. The number of ether oxygens (including phenoxy) is 1. The highest BCUT2D eigenvalue weighted by atomic mass is 16.5. The zero-order valence-electron chi connectivity index (χ0n) is 13.9. The first kappa shape index (κ1) is 19.2. The summed E-state index contributed by atoms with van der Waals surface area (Å²) in [6, 6.07) is 0. The SMILES string of the molecule is CCCCCCCCOCCCN=C(N)N(CC)CC. The molecule has 0 aliphatic heterocycles. The monoisotopic (exact) mass is 285 g/mol. The van der Waals surface area contributed by atoms with Crippen molar-refractivity contribution >= 4 is 5.96 Å². The van der Waals surface area contributed by atoms with Gasteiger partial charge in [0, 0.05) is 32.8 Å². The summed E-state index contributed by atoms with van der Waals surface area (Å²) in [4.78, 5) is 6.44. The summed E-state index contributed by atoms with van der Waals surface area (Å²) in [5, 5.41) is 0. The Morgan fingerprint density at radius 1 is 0.900 bits per heavy atom. The molecular weight excluding hydrogens is 250 g/mol. The minimum Gasteiger partial charge on any atom is -0.381 e. The van der Waals surface area contributed by atoms with Crippen LogP contribution < -0.4 is 5.73 Å². The molecule has 0 atom stereocenters. The van der Waals surface area contributed by atoms with Crippen molar-refractivity contribution in [1.29, 1.82) is 0 Å². The second-order valence-corrected chi connectivity index (χ2v) is 5.15. The van der Waals surface area contributed by atoms with E-state index in [2.05, 4.69) is 30.7 Å². The van der Waals surface area contributed by atoms with Crippen LogP contribution >= 0.6 is 0 Å². The number of guanidine groups is 1. The molecule has 0 saturated carbocycles. The molecule has 20 heavy (non-hydrogen) atoms. The largest absolute Gasteiger partial charge is 0.381 e. The molecule has 0 bridgehead atoms. The summed E-state index contributed by atoms with van der Waals surface area (Å²) in [6.45, 7) is 10.7. The lowest BCUT2D eigenvalue weighted by molar-refractivity contribution is 0.129. The van der Waals surface area contributed by atoms with Gasteiger partial charge in [0.1, 0.15) is 0 Å². The summed E-state index contributed by atoms with van der Waals surface area (Å²) >= 11 is 0. The molecule has 0 aliphatic carbocycles. The van der Waals surface area contributed by atoms with Gasteiger partial charge in [-0.05, 0) is 26.7 Å². The quantitative estimate of drug-likeness (QED) is 0.320. The smallest absolute Gasteiger partial charge is 0.191 e. The highest BCUT2D eigenvalue weighted by molar-refractivity contribution is 5.77. The normalized spacial score (nSPS) is 11.8. The second kappa shape index (κ2) is 14.6. The van der Waals surface area contributed by atoms with Gasteiger partial charge in [-0.25, -0.2) is 0 Å². The lowest BCUT2D eigenvalue weighted by atomic mass is 10.1. The van der Waals surface area contributed by atoms with E-state index in [4.69, 9.17) is 10.5 Å². The maximum atomic E-state index is 5.89. The zero-order valence-corrected chi connectivity index (χ0v) is 13.9. The second-order valence-electron chi connectivity index (χ2n) is 5.15. The molecule has 0 amide bonds. The van der Waals surface area contributed by atoms with Gasteiger partial charge < -0.3 is 15.4 Å². The van der Waals surface area contributed by atoms with Crippen molar-refractivity contribution in [3.05, 3.63) is 0 Å². The van der Waals surface area contributed by atoms with Crippen molar-refractivity contribution in [1.82, 2.24) is 4.90 Å². The van der Waals surface area contributed by atoms with E-state index in [1.165, 1.54) is 38.5 Å².